The predicted octanol–water partition coefficient (Wildman–Crippen LogP) is 2.17. The van der Waals surface area contributed by atoms with Gasteiger partial charge in [0, 0.05) is 25.6 Å². The van der Waals surface area contributed by atoms with E-state index in [1.54, 1.807) is 12.1 Å². The van der Waals surface area contributed by atoms with E-state index in [1.165, 1.54) is 6.07 Å². The van der Waals surface area contributed by atoms with Crippen LogP contribution < -0.4 is 11.3 Å². The molecule has 0 unspecified atom stereocenters. The topological polar surface area (TPSA) is 102 Å². The van der Waals surface area contributed by atoms with E-state index < -0.39 is 4.92 Å². The minimum Gasteiger partial charge on any atom is -0.338 e. The molecule has 21 heavy (non-hydrogen) atoms. The molecule has 1 amide bonds. The van der Waals surface area contributed by atoms with Gasteiger partial charge >= 0.3 is 0 Å². The van der Waals surface area contributed by atoms with E-state index in [4.69, 9.17) is 5.84 Å². The van der Waals surface area contributed by atoms with Gasteiger partial charge in [0.1, 0.15) is 5.69 Å². The molecule has 1 aromatic carbocycles. The minimum absolute atomic E-state index is 0.0692. The average Bonchev–Trinajstić information content (AvgIpc) is 2.46. The summed E-state index contributed by atoms with van der Waals surface area (Å²) < 4.78 is 0. The fraction of sp³-hybridized carbons (Fsp3) is 0.500. The number of likely N-dealkylation sites (tertiary alicyclic amines) is 1. The lowest BCUT2D eigenvalue weighted by molar-refractivity contribution is -0.384. The van der Waals surface area contributed by atoms with Crippen LogP contribution in [0.3, 0.4) is 0 Å². The highest BCUT2D eigenvalue weighted by Gasteiger charge is 2.18. The minimum atomic E-state index is -0.486. The first-order valence-corrected chi connectivity index (χ1v) is 7.13. The Morgan fingerprint density at radius 3 is 2.76 bits per heavy atom. The Bertz CT molecular complexity index is 533. The van der Waals surface area contributed by atoms with E-state index in [-0.39, 0.29) is 17.3 Å². The number of nitrogens with zero attached hydrogens (tertiary/aromatic N) is 2. The molecular formula is C14H20N4O3. The lowest BCUT2D eigenvalue weighted by Crippen LogP contribution is -2.32. The highest BCUT2D eigenvalue weighted by atomic mass is 16.6. The van der Waals surface area contributed by atoms with Crippen molar-refractivity contribution in [3.05, 3.63) is 33.9 Å². The SMILES string of the molecule is NNc1cc(CN2CCCCCCC2=O)ccc1[N+](=O)[O-]. The molecule has 7 heteroatoms. The molecule has 1 fully saturated rings. The van der Waals surface area contributed by atoms with Crippen molar-refractivity contribution in [3.63, 3.8) is 0 Å². The van der Waals surface area contributed by atoms with E-state index in [2.05, 4.69) is 5.43 Å². The Balaban J connectivity index is 2.14. The summed E-state index contributed by atoms with van der Waals surface area (Å²) in [4.78, 5) is 24.3. The zero-order valence-electron chi connectivity index (χ0n) is 11.9. The molecule has 7 nitrogen and oxygen atoms in total. The first kappa shape index (κ1) is 15.2. The lowest BCUT2D eigenvalue weighted by atomic mass is 10.1. The zero-order chi connectivity index (χ0) is 15.2. The second kappa shape index (κ2) is 7.03. The number of nitrogens with one attached hydrogen (secondary N) is 1. The standard InChI is InChI=1S/C14H20N4O3/c15-16-12-9-11(6-7-13(12)18(20)21)10-17-8-4-2-1-3-5-14(17)19/h6-7,9,16H,1-5,8,10,15H2. The van der Waals surface area contributed by atoms with Crippen LogP contribution in [0.25, 0.3) is 0 Å². The van der Waals surface area contributed by atoms with Crippen LogP contribution in [-0.2, 0) is 11.3 Å². The van der Waals surface area contributed by atoms with Gasteiger partial charge in [0.05, 0.1) is 4.92 Å². The average molecular weight is 292 g/mol. The quantitative estimate of drug-likeness (QED) is 0.503. The van der Waals surface area contributed by atoms with Gasteiger partial charge in [-0.3, -0.25) is 20.8 Å². The van der Waals surface area contributed by atoms with Crippen molar-refractivity contribution in [2.24, 2.45) is 5.84 Å². The molecule has 2 rings (SSSR count). The third kappa shape index (κ3) is 3.91. The van der Waals surface area contributed by atoms with Gasteiger partial charge in [0.2, 0.25) is 5.91 Å². The summed E-state index contributed by atoms with van der Waals surface area (Å²) in [5, 5.41) is 10.9. The van der Waals surface area contributed by atoms with Crippen LogP contribution in [0.2, 0.25) is 0 Å². The molecule has 0 aromatic heterocycles. The number of nitro benzene ring substituents is 1. The van der Waals surface area contributed by atoms with Crippen molar-refractivity contribution in [2.45, 2.75) is 38.6 Å². The maximum absolute atomic E-state index is 12.1. The van der Waals surface area contributed by atoms with Crippen LogP contribution >= 0.6 is 0 Å². The summed E-state index contributed by atoms with van der Waals surface area (Å²) in [6.45, 7) is 1.20. The molecule has 0 aliphatic carbocycles. The normalized spacial score (nSPS) is 16.2. The number of rotatable bonds is 4. The van der Waals surface area contributed by atoms with E-state index in [0.717, 1.165) is 37.8 Å². The zero-order valence-corrected chi connectivity index (χ0v) is 11.9. The number of hydrogen-bond donors (Lipinski definition) is 2. The monoisotopic (exact) mass is 292 g/mol. The predicted molar refractivity (Wildman–Crippen MR) is 79.4 cm³/mol. The molecule has 0 spiro atoms. The number of nitrogens with two attached hydrogens (primary N) is 1. The number of hydrazine groups is 1. The lowest BCUT2D eigenvalue weighted by Gasteiger charge is -2.25. The summed E-state index contributed by atoms with van der Waals surface area (Å²) >= 11 is 0. The summed E-state index contributed by atoms with van der Waals surface area (Å²) in [6, 6.07) is 4.72. The van der Waals surface area contributed by atoms with Crippen LogP contribution in [0, 0.1) is 10.1 Å². The second-order valence-electron chi connectivity index (χ2n) is 5.23. The maximum Gasteiger partial charge on any atom is 0.293 e. The number of amides is 1. The first-order valence-electron chi connectivity index (χ1n) is 7.13. The molecule has 114 valence electrons. The molecule has 0 radical (unpaired) electrons. The highest BCUT2D eigenvalue weighted by molar-refractivity contribution is 5.76. The van der Waals surface area contributed by atoms with Gasteiger partial charge in [-0.25, -0.2) is 0 Å². The number of hydrogen-bond acceptors (Lipinski definition) is 5. The highest BCUT2D eigenvalue weighted by Crippen LogP contribution is 2.25. The largest absolute Gasteiger partial charge is 0.338 e. The van der Waals surface area contributed by atoms with Crippen LogP contribution in [0.4, 0.5) is 11.4 Å². The number of nitrogen functional groups attached to an aromatic ring is 1. The van der Waals surface area contributed by atoms with E-state index >= 15 is 0 Å². The van der Waals surface area contributed by atoms with Crippen LogP contribution in [0.5, 0.6) is 0 Å². The van der Waals surface area contributed by atoms with Gasteiger partial charge in [0.25, 0.3) is 5.69 Å². The summed E-state index contributed by atoms with van der Waals surface area (Å²) in [7, 11) is 0. The number of nitro groups is 1. The fourth-order valence-electron chi connectivity index (χ4n) is 2.56. The third-order valence-corrected chi connectivity index (χ3v) is 3.71. The van der Waals surface area contributed by atoms with Crippen LogP contribution in [0.1, 0.15) is 37.7 Å². The molecule has 1 heterocycles. The van der Waals surface area contributed by atoms with Gasteiger partial charge in [-0.05, 0) is 24.5 Å². The molecule has 0 saturated carbocycles. The number of benzene rings is 1. The number of anilines is 1. The van der Waals surface area contributed by atoms with E-state index in [0.29, 0.717) is 13.0 Å². The van der Waals surface area contributed by atoms with Gasteiger partial charge in [0.15, 0.2) is 0 Å². The van der Waals surface area contributed by atoms with Crippen molar-refractivity contribution in [3.8, 4) is 0 Å². The van der Waals surface area contributed by atoms with Crippen molar-refractivity contribution < 1.29 is 9.72 Å². The van der Waals surface area contributed by atoms with Crippen molar-refractivity contribution in [1.29, 1.82) is 0 Å². The summed E-state index contributed by atoms with van der Waals surface area (Å²) in [5.74, 6) is 5.48. The van der Waals surface area contributed by atoms with Gasteiger partial charge in [-0.2, -0.15) is 0 Å². The summed E-state index contributed by atoms with van der Waals surface area (Å²) in [6.07, 6.45) is 4.76. The van der Waals surface area contributed by atoms with Crippen molar-refractivity contribution >= 4 is 17.3 Å². The number of carbonyl (C=O) groups excluding carboxylic acids is 1. The van der Waals surface area contributed by atoms with Crippen molar-refractivity contribution in [1.82, 2.24) is 4.90 Å². The maximum atomic E-state index is 12.1. The molecule has 0 bridgehead atoms. The smallest absolute Gasteiger partial charge is 0.293 e. The van der Waals surface area contributed by atoms with Gasteiger partial charge in [-0.15, -0.1) is 0 Å². The Kier molecular flexibility index (Phi) is 5.10. The van der Waals surface area contributed by atoms with Crippen molar-refractivity contribution in [2.75, 3.05) is 12.0 Å². The van der Waals surface area contributed by atoms with Gasteiger partial charge < -0.3 is 10.3 Å². The molecule has 1 aliphatic heterocycles. The molecular weight excluding hydrogens is 272 g/mol. The third-order valence-electron chi connectivity index (χ3n) is 3.71. The first-order chi connectivity index (χ1) is 10.1. The van der Waals surface area contributed by atoms with Gasteiger partial charge in [-0.1, -0.05) is 18.9 Å². The molecule has 3 N–H and O–H groups in total. The Morgan fingerprint density at radius 1 is 1.29 bits per heavy atom. The molecule has 0 atom stereocenters. The summed E-state index contributed by atoms with van der Waals surface area (Å²) in [5.41, 5.74) is 3.37. The van der Waals surface area contributed by atoms with Crippen LogP contribution in [0.15, 0.2) is 18.2 Å². The van der Waals surface area contributed by atoms with Crippen LogP contribution in [-0.4, -0.2) is 22.3 Å². The van der Waals surface area contributed by atoms with E-state index in [1.807, 2.05) is 4.90 Å². The molecule has 1 aromatic rings. The molecule has 1 aliphatic rings. The Hall–Kier alpha value is -2.15. The van der Waals surface area contributed by atoms with E-state index in [9.17, 15) is 14.9 Å². The Morgan fingerprint density at radius 2 is 2.05 bits per heavy atom. The number of carbonyl (C=O) groups is 1. The second-order valence-corrected chi connectivity index (χ2v) is 5.23. The fourth-order valence-corrected chi connectivity index (χ4v) is 2.56. The Labute approximate surface area is 123 Å². The molecule has 1 saturated heterocycles.